The molecule has 0 spiro atoms. The van der Waals surface area contributed by atoms with Crippen molar-refractivity contribution in [2.75, 3.05) is 18.6 Å². The summed E-state index contributed by atoms with van der Waals surface area (Å²) in [5.41, 5.74) is 0. The Morgan fingerprint density at radius 3 is 3.00 bits per heavy atom. The van der Waals surface area contributed by atoms with Crippen molar-refractivity contribution in [1.82, 2.24) is 0 Å². The molecule has 2 nitrogen and oxygen atoms in total. The van der Waals surface area contributed by atoms with E-state index in [4.69, 9.17) is 10.00 Å². The Hall–Kier alpha value is 0.150. The third kappa shape index (κ3) is 8.15. The average molecular weight is 161 g/mol. The SMILES string of the molecule is CSCCO[C]SC#N. The van der Waals surface area contributed by atoms with Crippen LogP contribution in [0.3, 0.4) is 0 Å². The van der Waals surface area contributed by atoms with Crippen LogP contribution in [0.5, 0.6) is 0 Å². The van der Waals surface area contributed by atoms with Crippen molar-refractivity contribution in [3.8, 4) is 5.40 Å². The van der Waals surface area contributed by atoms with Crippen LogP contribution >= 0.6 is 23.5 Å². The van der Waals surface area contributed by atoms with Gasteiger partial charge in [-0.3, -0.25) is 0 Å². The molecule has 0 rings (SSSR count). The van der Waals surface area contributed by atoms with Crippen LogP contribution in [0.25, 0.3) is 0 Å². The zero-order valence-electron chi connectivity index (χ0n) is 5.09. The molecule has 0 unspecified atom stereocenters. The molecule has 0 N–H and O–H groups in total. The van der Waals surface area contributed by atoms with E-state index in [1.165, 1.54) is 0 Å². The van der Waals surface area contributed by atoms with Crippen LogP contribution in [0, 0.1) is 16.6 Å². The number of thioether (sulfide) groups is 2. The Morgan fingerprint density at radius 1 is 1.67 bits per heavy atom. The number of nitriles is 1. The third-order valence-electron chi connectivity index (χ3n) is 0.536. The first-order valence-corrected chi connectivity index (χ1v) is 4.53. The molecule has 0 saturated carbocycles. The molecule has 0 aliphatic carbocycles. The third-order valence-corrected chi connectivity index (χ3v) is 1.40. The molecule has 9 heavy (non-hydrogen) atoms. The Kier molecular flexibility index (Phi) is 8.29. The Bertz CT molecular complexity index is 91.4. The normalized spacial score (nSPS) is 8.89. The van der Waals surface area contributed by atoms with Gasteiger partial charge in [0.15, 0.2) is 0 Å². The molecule has 4 heteroatoms. The summed E-state index contributed by atoms with van der Waals surface area (Å²) in [6.45, 7) is 0.635. The van der Waals surface area contributed by atoms with Crippen molar-refractivity contribution >= 4 is 23.5 Å². The lowest BCUT2D eigenvalue weighted by Gasteiger charge is -1.94. The number of rotatable bonds is 5. The number of ether oxygens (including phenoxy) is 1. The zero-order chi connectivity index (χ0) is 6.95. The van der Waals surface area contributed by atoms with Crippen molar-refractivity contribution in [3.63, 3.8) is 0 Å². The number of hydrogen-bond acceptors (Lipinski definition) is 4. The summed E-state index contributed by atoms with van der Waals surface area (Å²) in [5, 5.41) is 9.81. The van der Waals surface area contributed by atoms with E-state index in [0.717, 1.165) is 17.5 Å². The molecule has 0 aliphatic heterocycles. The summed E-state index contributed by atoms with van der Waals surface area (Å²) in [4.78, 5) is 0. The second-order valence-corrected chi connectivity index (χ2v) is 2.66. The molecule has 50 valence electrons. The molecule has 0 aromatic rings. The molecular weight excluding hydrogens is 154 g/mol. The van der Waals surface area contributed by atoms with E-state index in [2.05, 4.69) is 5.94 Å². The van der Waals surface area contributed by atoms with Crippen molar-refractivity contribution < 1.29 is 4.74 Å². The van der Waals surface area contributed by atoms with E-state index >= 15 is 0 Å². The van der Waals surface area contributed by atoms with Crippen LogP contribution < -0.4 is 0 Å². The smallest absolute Gasteiger partial charge is 0.213 e. The maximum Gasteiger partial charge on any atom is 0.213 e. The summed E-state index contributed by atoms with van der Waals surface area (Å²) < 4.78 is 4.78. The first-order valence-electron chi connectivity index (χ1n) is 2.32. The number of nitrogens with zero attached hydrogens (tertiary/aromatic N) is 1. The highest BCUT2D eigenvalue weighted by molar-refractivity contribution is 8.05. The summed E-state index contributed by atoms with van der Waals surface area (Å²) in [6.07, 6.45) is 2.00. The van der Waals surface area contributed by atoms with E-state index < -0.39 is 0 Å². The van der Waals surface area contributed by atoms with E-state index in [9.17, 15) is 0 Å². The summed E-state index contributed by atoms with van der Waals surface area (Å²) in [5.74, 6) is 3.36. The quantitative estimate of drug-likeness (QED) is 0.452. The van der Waals surface area contributed by atoms with E-state index in [0.29, 0.717) is 6.61 Å². The van der Waals surface area contributed by atoms with Crippen LogP contribution in [-0.2, 0) is 4.74 Å². The topological polar surface area (TPSA) is 33.0 Å². The van der Waals surface area contributed by atoms with E-state index in [-0.39, 0.29) is 0 Å². The zero-order valence-corrected chi connectivity index (χ0v) is 6.72. The number of hydrogen-bond donors (Lipinski definition) is 0. The predicted octanol–water partition coefficient (Wildman–Crippen LogP) is 1.58. The van der Waals surface area contributed by atoms with Crippen LogP contribution in [0.2, 0.25) is 0 Å². The lowest BCUT2D eigenvalue weighted by atomic mass is 10.9. The highest BCUT2D eigenvalue weighted by Gasteiger charge is 1.87. The average Bonchev–Trinajstić information content (AvgIpc) is 1.89. The fourth-order valence-corrected chi connectivity index (χ4v) is 0.644. The monoisotopic (exact) mass is 161 g/mol. The van der Waals surface area contributed by atoms with Gasteiger partial charge in [-0.25, -0.2) is 0 Å². The standard InChI is InChI=1S/C5H7NOS2/c1-8-3-2-7-5-9-4-6/h2-3H2,1H3. The van der Waals surface area contributed by atoms with Crippen molar-refractivity contribution in [3.05, 3.63) is 5.94 Å². The molecular formula is C5H7NOS2. The van der Waals surface area contributed by atoms with E-state index in [1.54, 1.807) is 11.8 Å². The van der Waals surface area contributed by atoms with Crippen LogP contribution in [0.4, 0.5) is 0 Å². The van der Waals surface area contributed by atoms with Gasteiger partial charge < -0.3 is 4.74 Å². The molecule has 0 amide bonds. The molecule has 0 heterocycles. The highest BCUT2D eigenvalue weighted by atomic mass is 32.2. The molecule has 0 saturated heterocycles. The van der Waals surface area contributed by atoms with Gasteiger partial charge in [-0.2, -0.15) is 17.0 Å². The summed E-state index contributed by atoms with van der Waals surface area (Å²) >= 11 is 2.59. The summed E-state index contributed by atoms with van der Waals surface area (Å²) in [7, 11) is 0. The van der Waals surface area contributed by atoms with Crippen molar-refractivity contribution in [2.45, 2.75) is 0 Å². The maximum atomic E-state index is 7.99. The minimum Gasteiger partial charge on any atom is -0.354 e. The highest BCUT2D eigenvalue weighted by Crippen LogP contribution is 2.03. The Labute approximate surface area is 64.0 Å². The lowest BCUT2D eigenvalue weighted by Crippen LogP contribution is -1.90. The lowest BCUT2D eigenvalue weighted by molar-refractivity contribution is 0.253. The maximum absolute atomic E-state index is 7.99. The van der Waals surface area contributed by atoms with Gasteiger partial charge in [0.1, 0.15) is 5.40 Å². The predicted molar refractivity (Wildman–Crippen MR) is 40.8 cm³/mol. The fourth-order valence-electron chi connectivity index (χ4n) is 0.215. The molecule has 0 fully saturated rings. The molecule has 0 aromatic carbocycles. The van der Waals surface area contributed by atoms with Gasteiger partial charge in [0, 0.05) is 5.75 Å². The first kappa shape index (κ1) is 9.15. The first-order chi connectivity index (χ1) is 4.41. The molecule has 2 radical (unpaired) electrons. The second kappa shape index (κ2) is 8.15. The fraction of sp³-hybridized carbons (Fsp3) is 0.600. The largest absolute Gasteiger partial charge is 0.354 e. The molecule has 0 aromatic heterocycles. The van der Waals surface area contributed by atoms with Crippen molar-refractivity contribution in [2.24, 2.45) is 0 Å². The minimum absolute atomic E-state index is 0.635. The van der Waals surface area contributed by atoms with Gasteiger partial charge >= 0.3 is 0 Å². The van der Waals surface area contributed by atoms with Gasteiger partial charge in [0.2, 0.25) is 5.94 Å². The van der Waals surface area contributed by atoms with Gasteiger partial charge in [0.25, 0.3) is 0 Å². The Balaban J connectivity index is 2.69. The van der Waals surface area contributed by atoms with Crippen LogP contribution in [-0.4, -0.2) is 18.6 Å². The van der Waals surface area contributed by atoms with Gasteiger partial charge in [-0.15, -0.1) is 0 Å². The van der Waals surface area contributed by atoms with Gasteiger partial charge in [0.05, 0.1) is 6.61 Å². The van der Waals surface area contributed by atoms with Gasteiger partial charge in [-0.05, 0) is 18.0 Å². The van der Waals surface area contributed by atoms with Crippen LogP contribution in [0.15, 0.2) is 0 Å². The Morgan fingerprint density at radius 2 is 2.44 bits per heavy atom. The minimum atomic E-state index is 0.635. The molecule has 0 atom stereocenters. The second-order valence-electron chi connectivity index (χ2n) is 1.12. The summed E-state index contributed by atoms with van der Waals surface area (Å²) in [6, 6.07) is 0. The van der Waals surface area contributed by atoms with E-state index in [1.807, 2.05) is 11.7 Å². The molecule has 0 bridgehead atoms. The van der Waals surface area contributed by atoms with Gasteiger partial charge in [-0.1, -0.05) is 0 Å². The van der Waals surface area contributed by atoms with Crippen LogP contribution in [0.1, 0.15) is 0 Å². The van der Waals surface area contributed by atoms with Crippen molar-refractivity contribution in [1.29, 1.82) is 5.26 Å². The number of thiocyanates is 1. The molecule has 0 aliphatic rings.